The first kappa shape index (κ1) is 11.7. The predicted molar refractivity (Wildman–Crippen MR) is 33.6 cm³/mol. The number of aromatic nitrogens is 2. The Balaban J connectivity index is 0.000001000. The molecule has 54 valence electrons. The van der Waals surface area contributed by atoms with E-state index in [1.165, 1.54) is 0 Å². The fourth-order valence-electron chi connectivity index (χ4n) is 0.480. The van der Waals surface area contributed by atoms with Crippen LogP contribution in [0.5, 0.6) is 0 Å². The van der Waals surface area contributed by atoms with Crippen molar-refractivity contribution >= 4 is 17.5 Å². The SMILES string of the molecule is CCc1nsc(C(=O)[O-])n1.[K+]. The summed E-state index contributed by atoms with van der Waals surface area (Å²) in [6.07, 6.45) is 0.657. The number of carboxylic acid groups (broad SMARTS) is 1. The zero-order valence-corrected chi connectivity index (χ0v) is 10.3. The summed E-state index contributed by atoms with van der Waals surface area (Å²) in [5.41, 5.74) is 0. The molecule has 4 nitrogen and oxygen atoms in total. The average Bonchev–Trinajstić information content (AvgIpc) is 2.34. The van der Waals surface area contributed by atoms with Crippen molar-refractivity contribution in [2.24, 2.45) is 0 Å². The van der Waals surface area contributed by atoms with Gasteiger partial charge in [0.15, 0.2) is 5.01 Å². The maximum atomic E-state index is 10.1. The molecule has 0 aromatic carbocycles. The number of hydrogen-bond donors (Lipinski definition) is 0. The summed E-state index contributed by atoms with van der Waals surface area (Å²) < 4.78 is 3.77. The molecule has 0 aliphatic heterocycles. The molecule has 1 rings (SSSR count). The number of carbonyl (C=O) groups excluding carboxylic acids is 1. The van der Waals surface area contributed by atoms with Crippen molar-refractivity contribution in [3.8, 4) is 0 Å². The van der Waals surface area contributed by atoms with Crippen LogP contribution < -0.4 is 56.5 Å². The largest absolute Gasteiger partial charge is 1.00 e. The van der Waals surface area contributed by atoms with E-state index in [4.69, 9.17) is 0 Å². The van der Waals surface area contributed by atoms with E-state index in [0.29, 0.717) is 12.2 Å². The molecule has 0 N–H and O–H groups in total. The zero-order valence-electron chi connectivity index (χ0n) is 6.33. The molecule has 0 saturated carbocycles. The van der Waals surface area contributed by atoms with Gasteiger partial charge in [-0.2, -0.15) is 4.37 Å². The molecule has 6 heteroatoms. The predicted octanol–water partition coefficient (Wildman–Crippen LogP) is -3.53. The fraction of sp³-hybridized carbons (Fsp3) is 0.400. The van der Waals surface area contributed by atoms with Gasteiger partial charge >= 0.3 is 51.4 Å². The molecule has 1 heterocycles. The molecule has 0 aliphatic carbocycles. The van der Waals surface area contributed by atoms with Crippen LogP contribution in [0.3, 0.4) is 0 Å². The van der Waals surface area contributed by atoms with E-state index in [-0.39, 0.29) is 56.4 Å². The normalized spacial score (nSPS) is 8.82. The minimum atomic E-state index is -1.25. The number of carboxylic acids is 1. The van der Waals surface area contributed by atoms with Crippen LogP contribution in [-0.4, -0.2) is 15.3 Å². The van der Waals surface area contributed by atoms with Crippen LogP contribution in [0.2, 0.25) is 0 Å². The van der Waals surface area contributed by atoms with Crippen LogP contribution in [-0.2, 0) is 6.42 Å². The van der Waals surface area contributed by atoms with E-state index in [1.807, 2.05) is 6.92 Å². The van der Waals surface area contributed by atoms with Gasteiger partial charge in [0.1, 0.15) is 11.8 Å². The van der Waals surface area contributed by atoms with Gasteiger partial charge in [0.05, 0.1) is 0 Å². The molecular formula is C5H5KN2O2S. The Hall–Kier alpha value is 0.666. The molecule has 1 aromatic rings. The summed E-state index contributed by atoms with van der Waals surface area (Å²) in [5.74, 6) is -0.693. The van der Waals surface area contributed by atoms with Gasteiger partial charge in [-0.3, -0.25) is 0 Å². The Morgan fingerprint density at radius 1 is 1.73 bits per heavy atom. The third-order valence-electron chi connectivity index (χ3n) is 0.959. The fourth-order valence-corrected chi connectivity index (χ4v) is 1.06. The van der Waals surface area contributed by atoms with Crippen molar-refractivity contribution in [3.63, 3.8) is 0 Å². The van der Waals surface area contributed by atoms with Gasteiger partial charge in [0.2, 0.25) is 0 Å². The third kappa shape index (κ3) is 3.26. The Morgan fingerprint density at radius 3 is 2.64 bits per heavy atom. The smallest absolute Gasteiger partial charge is 0.542 e. The van der Waals surface area contributed by atoms with Gasteiger partial charge < -0.3 is 9.90 Å². The van der Waals surface area contributed by atoms with Crippen LogP contribution in [0.1, 0.15) is 22.6 Å². The van der Waals surface area contributed by atoms with Crippen LogP contribution in [0.4, 0.5) is 0 Å². The molecular weight excluding hydrogens is 191 g/mol. The number of aromatic carboxylic acids is 1. The Labute approximate surface area is 111 Å². The second kappa shape index (κ2) is 5.34. The molecule has 0 bridgehead atoms. The minimum absolute atomic E-state index is 0. The second-order valence-corrected chi connectivity index (χ2v) is 2.41. The Kier molecular flexibility index (Phi) is 5.66. The molecule has 0 aliphatic rings. The van der Waals surface area contributed by atoms with E-state index < -0.39 is 5.97 Å². The van der Waals surface area contributed by atoms with Crippen molar-refractivity contribution < 1.29 is 61.3 Å². The van der Waals surface area contributed by atoms with Crippen LogP contribution in [0.15, 0.2) is 0 Å². The number of hydrogen-bond acceptors (Lipinski definition) is 5. The van der Waals surface area contributed by atoms with Crippen LogP contribution >= 0.6 is 11.5 Å². The first-order valence-corrected chi connectivity index (χ1v) is 3.55. The van der Waals surface area contributed by atoms with Gasteiger partial charge in [0, 0.05) is 6.42 Å². The number of carbonyl (C=O) groups is 1. The standard InChI is InChI=1S/C5H6N2O2S.K/c1-2-3-6-4(5(8)9)10-7-3;/h2H2,1H3,(H,8,9);/q;+1/p-1. The zero-order chi connectivity index (χ0) is 7.56. The molecule has 0 fully saturated rings. The van der Waals surface area contributed by atoms with E-state index >= 15 is 0 Å². The van der Waals surface area contributed by atoms with Gasteiger partial charge in [-0.1, -0.05) is 6.92 Å². The van der Waals surface area contributed by atoms with Crippen molar-refractivity contribution in [2.45, 2.75) is 13.3 Å². The summed E-state index contributed by atoms with van der Waals surface area (Å²) in [7, 11) is 0. The molecule has 0 spiro atoms. The van der Waals surface area contributed by atoms with Gasteiger partial charge in [0.25, 0.3) is 0 Å². The minimum Gasteiger partial charge on any atom is -0.542 e. The summed E-state index contributed by atoms with van der Waals surface area (Å²) in [6.45, 7) is 1.86. The monoisotopic (exact) mass is 196 g/mol. The number of rotatable bonds is 2. The number of aryl methyl sites for hydroxylation is 1. The molecule has 0 radical (unpaired) electrons. The summed E-state index contributed by atoms with van der Waals surface area (Å²) in [6, 6.07) is 0. The Bertz CT molecular complexity index is 250. The van der Waals surface area contributed by atoms with E-state index in [1.54, 1.807) is 0 Å². The van der Waals surface area contributed by atoms with E-state index in [9.17, 15) is 9.90 Å². The number of nitrogens with zero attached hydrogens (tertiary/aromatic N) is 2. The molecule has 0 saturated heterocycles. The average molecular weight is 196 g/mol. The van der Waals surface area contributed by atoms with E-state index in [2.05, 4.69) is 9.36 Å². The van der Waals surface area contributed by atoms with Gasteiger partial charge in [-0.15, -0.1) is 0 Å². The molecule has 11 heavy (non-hydrogen) atoms. The first-order valence-electron chi connectivity index (χ1n) is 2.78. The van der Waals surface area contributed by atoms with Crippen molar-refractivity contribution in [1.82, 2.24) is 9.36 Å². The van der Waals surface area contributed by atoms with Gasteiger partial charge in [-0.25, -0.2) is 4.98 Å². The maximum Gasteiger partial charge on any atom is 1.00 e. The molecule has 0 unspecified atom stereocenters. The quantitative estimate of drug-likeness (QED) is 0.460. The molecule has 1 aromatic heterocycles. The molecule has 0 amide bonds. The van der Waals surface area contributed by atoms with Crippen LogP contribution in [0.25, 0.3) is 0 Å². The summed E-state index contributed by atoms with van der Waals surface area (Å²) in [4.78, 5) is 13.8. The van der Waals surface area contributed by atoms with E-state index in [0.717, 1.165) is 11.5 Å². The van der Waals surface area contributed by atoms with Crippen LogP contribution in [0, 0.1) is 0 Å². The van der Waals surface area contributed by atoms with Crippen molar-refractivity contribution in [3.05, 3.63) is 10.8 Å². The topological polar surface area (TPSA) is 65.9 Å². The maximum absolute atomic E-state index is 10.1. The Morgan fingerprint density at radius 2 is 2.36 bits per heavy atom. The van der Waals surface area contributed by atoms with Gasteiger partial charge in [-0.05, 0) is 11.5 Å². The summed E-state index contributed by atoms with van der Waals surface area (Å²) in [5, 5.41) is 10.1. The summed E-state index contributed by atoms with van der Waals surface area (Å²) >= 11 is 0.859. The first-order chi connectivity index (χ1) is 4.74. The third-order valence-corrected chi connectivity index (χ3v) is 1.69. The molecule has 0 atom stereocenters. The van der Waals surface area contributed by atoms with Crippen molar-refractivity contribution in [1.29, 1.82) is 0 Å². The van der Waals surface area contributed by atoms with Crippen molar-refractivity contribution in [2.75, 3.05) is 0 Å². The second-order valence-electron chi connectivity index (χ2n) is 1.66.